The van der Waals surface area contributed by atoms with E-state index in [4.69, 9.17) is 11.1 Å². The van der Waals surface area contributed by atoms with Gasteiger partial charge in [0.1, 0.15) is 15.2 Å². The fourth-order valence-electron chi connectivity index (χ4n) is 1.17. The van der Waals surface area contributed by atoms with Gasteiger partial charge in [-0.15, -0.1) is 4.78 Å². The van der Waals surface area contributed by atoms with E-state index in [1.165, 1.54) is 25.7 Å². The molecule has 0 aliphatic carbocycles. The molecule has 78 valence electrons. The lowest BCUT2D eigenvalue weighted by Gasteiger charge is -1.96. The van der Waals surface area contributed by atoms with E-state index in [1.807, 2.05) is 0 Å². The highest BCUT2D eigenvalue weighted by molar-refractivity contribution is 6.32. The second kappa shape index (κ2) is 12.1. The monoisotopic (exact) mass is 229 g/mol. The molecule has 0 spiro atoms. The predicted molar refractivity (Wildman–Crippen MR) is 61.6 cm³/mol. The van der Waals surface area contributed by atoms with Gasteiger partial charge in [-0.25, -0.2) is 0 Å². The summed E-state index contributed by atoms with van der Waals surface area (Å²) in [5.74, 6) is 0. The molecule has 0 amide bonds. The van der Waals surface area contributed by atoms with Crippen molar-refractivity contribution in [1.82, 2.24) is 4.91 Å². The van der Waals surface area contributed by atoms with Gasteiger partial charge in [-0.1, -0.05) is 31.7 Å². The fourth-order valence-corrected chi connectivity index (χ4v) is 2.79. The summed E-state index contributed by atoms with van der Waals surface area (Å²) in [6, 6.07) is 2.30. The van der Waals surface area contributed by atoms with Gasteiger partial charge >= 0.3 is 0 Å². The van der Waals surface area contributed by atoms with Crippen LogP contribution in [0.5, 0.6) is 0 Å². The molecule has 1 N–H and O–H groups in total. The van der Waals surface area contributed by atoms with Crippen molar-refractivity contribution in [2.75, 3.05) is 0 Å². The Hall–Kier alpha value is -0.946. The summed E-state index contributed by atoms with van der Waals surface area (Å²) in [5, 5.41) is 0. The molecule has 8 heteroatoms. The zero-order chi connectivity index (χ0) is 10.5. The summed E-state index contributed by atoms with van der Waals surface area (Å²) in [6.07, 6.45) is 4.90. The van der Waals surface area contributed by atoms with Crippen molar-refractivity contribution in [1.29, 1.82) is 5.53 Å². The topological polar surface area (TPSA) is 99.1 Å². The molecule has 0 unspecified atom stereocenters. The number of hydrogen-bond acceptors (Lipinski definition) is 3. The highest BCUT2D eigenvalue weighted by Crippen LogP contribution is 2.05. The first-order chi connectivity index (χ1) is 6.91. The minimum Gasteiger partial charge on any atom is -0.132 e. The maximum atomic E-state index is 8.05. The van der Waals surface area contributed by atoms with Crippen LogP contribution in [0.1, 0.15) is 25.7 Å². The Morgan fingerprint density at radius 3 is 2.07 bits per heavy atom. The van der Waals surface area contributed by atoms with E-state index < -0.39 is 19.4 Å². The number of nitrogens with one attached hydrogen (secondary N) is 1. The van der Waals surface area contributed by atoms with Crippen LogP contribution in [0.2, 0.25) is 12.1 Å². The summed E-state index contributed by atoms with van der Waals surface area (Å²) in [7, 11) is -0.901. The molecule has 0 aromatic carbocycles. The highest BCUT2D eigenvalue weighted by atomic mass is 28.2. The summed E-state index contributed by atoms with van der Waals surface area (Å²) >= 11 is 0. The van der Waals surface area contributed by atoms with Crippen LogP contribution in [0, 0.1) is 5.53 Å². The molecule has 0 aliphatic heterocycles. The van der Waals surface area contributed by atoms with Crippen molar-refractivity contribution in [2.45, 2.75) is 37.8 Å². The third kappa shape index (κ3) is 11.1. The molecule has 0 aromatic rings. The summed E-state index contributed by atoms with van der Waals surface area (Å²) in [4.78, 5) is 5.75. The van der Waals surface area contributed by atoms with Crippen LogP contribution in [0.4, 0.5) is 0 Å². The maximum absolute atomic E-state index is 8.05. The zero-order valence-corrected chi connectivity index (χ0v) is 11.2. The minimum absolute atomic E-state index is 0.423. The Morgan fingerprint density at radius 1 is 1.00 bits per heavy atom. The number of unbranched alkanes of at least 4 members (excludes halogenated alkanes) is 3. The second-order valence-corrected chi connectivity index (χ2v) is 5.92. The standard InChI is InChI=1S/C6H17N6Si2/c7-9-11-13-5-3-1-2-4-6-14-12-10-8/h7H,1-6,13-14H2/q+1. The number of azide groups is 1. The fraction of sp³-hybridized carbons (Fsp3) is 1.00. The molecule has 0 fully saturated rings. The number of hydrogen-bond donors (Lipinski definition) is 1. The minimum atomic E-state index is -0.478. The van der Waals surface area contributed by atoms with Crippen LogP contribution < -0.4 is 4.91 Å². The number of nitrogens with zero attached hydrogens (tertiary/aromatic N) is 5. The van der Waals surface area contributed by atoms with E-state index in [-0.39, 0.29) is 0 Å². The van der Waals surface area contributed by atoms with Gasteiger partial charge in [0.15, 0.2) is 0 Å². The van der Waals surface area contributed by atoms with E-state index in [1.54, 1.807) is 0 Å². The molecule has 0 atom stereocenters. The summed E-state index contributed by atoms with van der Waals surface area (Å²) < 4.78 is 7.32. The Bertz CT molecular complexity index is 196. The SMILES string of the molecule is [N-]=[N+]=N[SiH2]CCCCCC[SiH2]N=[N+]=N. The second-order valence-electron chi connectivity index (χ2n) is 3.04. The van der Waals surface area contributed by atoms with E-state index in [0.717, 1.165) is 12.1 Å². The van der Waals surface area contributed by atoms with Crippen molar-refractivity contribution >= 4 is 19.4 Å². The van der Waals surface area contributed by atoms with Gasteiger partial charge in [-0.3, -0.25) is 0 Å². The third-order valence-corrected chi connectivity index (χ3v) is 4.20. The van der Waals surface area contributed by atoms with Gasteiger partial charge in [0.05, 0.1) is 0 Å². The molecule has 14 heavy (non-hydrogen) atoms. The van der Waals surface area contributed by atoms with Gasteiger partial charge in [-0.2, -0.15) is 0 Å². The van der Waals surface area contributed by atoms with Crippen molar-refractivity contribution in [3.8, 4) is 0 Å². The van der Waals surface area contributed by atoms with Crippen LogP contribution in [0.25, 0.3) is 10.4 Å². The first-order valence-corrected chi connectivity index (χ1v) is 8.22. The lowest BCUT2D eigenvalue weighted by atomic mass is 10.2. The highest BCUT2D eigenvalue weighted by Gasteiger charge is 1.93. The number of rotatable bonds is 9. The molecule has 0 bridgehead atoms. The average Bonchev–Trinajstić information content (AvgIpc) is 2.21. The third-order valence-electron chi connectivity index (χ3n) is 1.90. The lowest BCUT2D eigenvalue weighted by molar-refractivity contribution is 0.697. The van der Waals surface area contributed by atoms with Crippen LogP contribution in [0.15, 0.2) is 9.56 Å². The summed E-state index contributed by atoms with van der Waals surface area (Å²) in [6.45, 7) is 0. The first-order valence-electron chi connectivity index (χ1n) is 4.96. The average molecular weight is 229 g/mol. The molecule has 0 radical (unpaired) electrons. The molecule has 0 heterocycles. The Morgan fingerprint density at radius 2 is 1.57 bits per heavy atom. The molecule has 0 aliphatic rings. The smallest absolute Gasteiger partial charge is 0.132 e. The van der Waals surface area contributed by atoms with Gasteiger partial charge in [0.2, 0.25) is 4.91 Å². The Kier molecular flexibility index (Phi) is 11.2. The largest absolute Gasteiger partial charge is 0.264 e. The van der Waals surface area contributed by atoms with Crippen molar-refractivity contribution < 1.29 is 0 Å². The van der Waals surface area contributed by atoms with Crippen molar-refractivity contribution in [3.05, 3.63) is 10.4 Å². The quantitative estimate of drug-likeness (QED) is 0.203. The van der Waals surface area contributed by atoms with E-state index in [0.29, 0.717) is 0 Å². The molecule has 0 aromatic heterocycles. The van der Waals surface area contributed by atoms with Crippen molar-refractivity contribution in [2.24, 2.45) is 9.56 Å². The predicted octanol–water partition coefficient (Wildman–Crippen LogP) is 1.41. The molecular weight excluding hydrogens is 212 g/mol. The first kappa shape index (κ1) is 13.1. The van der Waals surface area contributed by atoms with Gasteiger partial charge < -0.3 is 0 Å². The zero-order valence-electron chi connectivity index (χ0n) is 8.39. The van der Waals surface area contributed by atoms with Gasteiger partial charge in [0, 0.05) is 4.78 Å². The molecule has 0 saturated heterocycles. The lowest BCUT2D eigenvalue weighted by Crippen LogP contribution is -1.87. The van der Waals surface area contributed by atoms with Crippen LogP contribution in [0.3, 0.4) is 0 Å². The van der Waals surface area contributed by atoms with Crippen LogP contribution in [-0.2, 0) is 0 Å². The van der Waals surface area contributed by atoms with E-state index >= 15 is 0 Å². The summed E-state index contributed by atoms with van der Waals surface area (Å²) in [5.41, 5.74) is 14.5. The van der Waals surface area contributed by atoms with Gasteiger partial charge in [-0.05, 0) is 16.5 Å². The van der Waals surface area contributed by atoms with E-state index in [2.05, 4.69) is 19.4 Å². The molecule has 0 saturated carbocycles. The molecule has 0 rings (SSSR count). The van der Waals surface area contributed by atoms with Crippen LogP contribution >= 0.6 is 0 Å². The Balaban J connectivity index is 2.98. The normalized spacial score (nSPS) is 10.6. The van der Waals surface area contributed by atoms with E-state index in [9.17, 15) is 0 Å². The van der Waals surface area contributed by atoms with Gasteiger partial charge in [0.25, 0.3) is 9.68 Å². The Labute approximate surface area is 88.1 Å². The van der Waals surface area contributed by atoms with Crippen molar-refractivity contribution in [3.63, 3.8) is 0 Å². The van der Waals surface area contributed by atoms with Crippen LogP contribution in [-0.4, -0.2) is 19.4 Å². The maximum Gasteiger partial charge on any atom is 0.264 e. The molecular formula is C6H17N6Si2+. The molecule has 6 nitrogen and oxygen atoms in total.